The van der Waals surface area contributed by atoms with Crippen molar-refractivity contribution in [2.24, 2.45) is 5.92 Å². The largest absolute Gasteiger partial charge is 0.326 e. The fraction of sp³-hybridized carbons (Fsp3) is 0.417. The Morgan fingerprint density at radius 2 is 2.20 bits per heavy atom. The predicted octanol–water partition coefficient (Wildman–Crippen LogP) is 3.74. The number of carbonyl (C=O) groups excluding carboxylic acids is 1. The Bertz CT molecular complexity index is 363. The minimum Gasteiger partial charge on any atom is -0.326 e. The first-order valence-corrected chi connectivity index (χ1v) is 5.91. The van der Waals surface area contributed by atoms with Gasteiger partial charge in [-0.15, -0.1) is 0 Å². The molecule has 0 saturated heterocycles. The number of hydrogen-bond donors (Lipinski definition) is 1. The van der Waals surface area contributed by atoms with Crippen LogP contribution < -0.4 is 5.32 Å². The van der Waals surface area contributed by atoms with Crippen LogP contribution in [0.2, 0.25) is 0 Å². The summed E-state index contributed by atoms with van der Waals surface area (Å²) in [5, 5.41) is 2.93. The van der Waals surface area contributed by atoms with Crippen molar-refractivity contribution < 1.29 is 4.79 Å². The summed E-state index contributed by atoms with van der Waals surface area (Å²) in [5.41, 5.74) is 1.96. The van der Waals surface area contributed by atoms with Crippen molar-refractivity contribution in [3.63, 3.8) is 0 Å². The van der Waals surface area contributed by atoms with Crippen LogP contribution in [-0.2, 0) is 4.79 Å². The van der Waals surface area contributed by atoms with Crippen LogP contribution in [0.1, 0.15) is 25.8 Å². The molecule has 0 unspecified atom stereocenters. The van der Waals surface area contributed by atoms with Gasteiger partial charge in [-0.2, -0.15) is 0 Å². The lowest BCUT2D eigenvalue weighted by Gasteiger charge is -2.12. The number of halogens is 1. The van der Waals surface area contributed by atoms with Crippen molar-refractivity contribution in [3.05, 3.63) is 28.2 Å². The summed E-state index contributed by atoms with van der Waals surface area (Å²) in [6.45, 7) is 5.93. The molecule has 0 aliphatic rings. The number of anilines is 1. The summed E-state index contributed by atoms with van der Waals surface area (Å²) < 4.78 is 1.03. The Hall–Kier alpha value is -0.830. The number of benzene rings is 1. The molecule has 0 aliphatic heterocycles. The molecule has 0 bridgehead atoms. The number of amides is 1. The van der Waals surface area contributed by atoms with Gasteiger partial charge in [-0.05, 0) is 37.1 Å². The molecule has 0 radical (unpaired) electrons. The van der Waals surface area contributed by atoms with Gasteiger partial charge in [-0.1, -0.05) is 29.8 Å². The summed E-state index contributed by atoms with van der Waals surface area (Å²) in [7, 11) is 0. The van der Waals surface area contributed by atoms with E-state index in [1.165, 1.54) is 0 Å². The number of aryl methyl sites for hydroxylation is 1. The van der Waals surface area contributed by atoms with Gasteiger partial charge in [0, 0.05) is 16.1 Å². The lowest BCUT2D eigenvalue weighted by atomic mass is 10.1. The molecular formula is C12H16BrNO. The molecule has 1 aromatic carbocycles. The van der Waals surface area contributed by atoms with E-state index >= 15 is 0 Å². The maximum atomic E-state index is 11.7. The van der Waals surface area contributed by atoms with E-state index in [4.69, 9.17) is 0 Å². The van der Waals surface area contributed by atoms with Gasteiger partial charge in [-0.25, -0.2) is 0 Å². The van der Waals surface area contributed by atoms with Crippen molar-refractivity contribution in [1.82, 2.24) is 0 Å². The topological polar surface area (TPSA) is 29.1 Å². The maximum Gasteiger partial charge on any atom is 0.227 e. The molecule has 0 fully saturated rings. The highest BCUT2D eigenvalue weighted by Crippen LogP contribution is 2.20. The van der Waals surface area contributed by atoms with E-state index in [1.54, 1.807) is 0 Å². The fourth-order valence-corrected chi connectivity index (χ4v) is 1.68. The van der Waals surface area contributed by atoms with Crippen molar-refractivity contribution in [3.8, 4) is 0 Å². The summed E-state index contributed by atoms with van der Waals surface area (Å²) in [6, 6.07) is 5.84. The van der Waals surface area contributed by atoms with Gasteiger partial charge in [0.05, 0.1) is 0 Å². The van der Waals surface area contributed by atoms with E-state index < -0.39 is 0 Å². The second-order valence-corrected chi connectivity index (χ2v) is 4.67. The minimum atomic E-state index is 0.0630. The van der Waals surface area contributed by atoms with E-state index in [9.17, 15) is 4.79 Å². The predicted molar refractivity (Wildman–Crippen MR) is 67.0 cm³/mol. The number of carbonyl (C=O) groups is 1. The van der Waals surface area contributed by atoms with E-state index in [2.05, 4.69) is 21.2 Å². The molecule has 1 atom stereocenters. The maximum absolute atomic E-state index is 11.7. The quantitative estimate of drug-likeness (QED) is 0.890. The summed E-state index contributed by atoms with van der Waals surface area (Å²) in [5.74, 6) is 0.149. The van der Waals surface area contributed by atoms with Crippen molar-refractivity contribution in [2.75, 3.05) is 5.32 Å². The number of hydrogen-bond acceptors (Lipinski definition) is 1. The van der Waals surface area contributed by atoms with Crippen LogP contribution in [0.4, 0.5) is 5.69 Å². The lowest BCUT2D eigenvalue weighted by molar-refractivity contribution is -0.119. The monoisotopic (exact) mass is 269 g/mol. The normalized spacial score (nSPS) is 12.3. The van der Waals surface area contributed by atoms with E-state index in [-0.39, 0.29) is 11.8 Å². The average Bonchev–Trinajstić information content (AvgIpc) is 2.20. The summed E-state index contributed by atoms with van der Waals surface area (Å²) >= 11 is 3.39. The Balaban J connectivity index is 2.77. The molecule has 0 saturated carbocycles. The first-order valence-electron chi connectivity index (χ1n) is 5.11. The molecule has 2 nitrogen and oxygen atoms in total. The molecule has 0 spiro atoms. The zero-order chi connectivity index (χ0) is 11.4. The van der Waals surface area contributed by atoms with Gasteiger partial charge >= 0.3 is 0 Å². The molecule has 1 rings (SSSR count). The third-order valence-corrected chi connectivity index (χ3v) is 3.00. The molecular weight excluding hydrogens is 254 g/mol. The second-order valence-electron chi connectivity index (χ2n) is 3.76. The van der Waals surface area contributed by atoms with Crippen molar-refractivity contribution in [2.45, 2.75) is 27.2 Å². The van der Waals surface area contributed by atoms with Gasteiger partial charge in [0.2, 0.25) is 5.91 Å². The number of rotatable bonds is 3. The van der Waals surface area contributed by atoms with Gasteiger partial charge in [0.1, 0.15) is 0 Å². The molecule has 0 aromatic heterocycles. The Morgan fingerprint density at radius 1 is 1.53 bits per heavy atom. The zero-order valence-electron chi connectivity index (χ0n) is 9.30. The highest BCUT2D eigenvalue weighted by Gasteiger charge is 2.11. The summed E-state index contributed by atoms with van der Waals surface area (Å²) in [4.78, 5) is 11.7. The number of nitrogens with one attached hydrogen (secondary N) is 1. The van der Waals surface area contributed by atoms with Crippen LogP contribution in [0.25, 0.3) is 0 Å². The van der Waals surface area contributed by atoms with Gasteiger partial charge in [0.15, 0.2) is 0 Å². The van der Waals surface area contributed by atoms with Crippen LogP contribution in [0.5, 0.6) is 0 Å². The highest BCUT2D eigenvalue weighted by molar-refractivity contribution is 9.10. The Morgan fingerprint density at radius 3 is 2.73 bits per heavy atom. The second kappa shape index (κ2) is 5.31. The summed E-state index contributed by atoms with van der Waals surface area (Å²) in [6.07, 6.45) is 0.863. The van der Waals surface area contributed by atoms with Crippen LogP contribution in [0.3, 0.4) is 0 Å². The van der Waals surface area contributed by atoms with Crippen LogP contribution in [-0.4, -0.2) is 5.91 Å². The zero-order valence-corrected chi connectivity index (χ0v) is 10.9. The van der Waals surface area contributed by atoms with Crippen LogP contribution in [0, 0.1) is 12.8 Å². The fourth-order valence-electron chi connectivity index (χ4n) is 1.21. The van der Waals surface area contributed by atoms with E-state index in [0.29, 0.717) is 0 Å². The van der Waals surface area contributed by atoms with E-state index in [0.717, 1.165) is 22.1 Å². The molecule has 1 N–H and O–H groups in total. The highest BCUT2D eigenvalue weighted by atomic mass is 79.9. The first-order chi connectivity index (χ1) is 7.04. The molecule has 0 heterocycles. The van der Waals surface area contributed by atoms with Crippen LogP contribution >= 0.6 is 15.9 Å². The SMILES string of the molecule is CC[C@@H](C)C(=O)Nc1ccc(Br)cc1C. The van der Waals surface area contributed by atoms with Gasteiger partial charge < -0.3 is 5.32 Å². The van der Waals surface area contributed by atoms with Gasteiger partial charge in [-0.3, -0.25) is 4.79 Å². The van der Waals surface area contributed by atoms with Crippen molar-refractivity contribution in [1.29, 1.82) is 0 Å². The Labute approximate surface area is 99.2 Å². The smallest absolute Gasteiger partial charge is 0.227 e. The lowest BCUT2D eigenvalue weighted by Crippen LogP contribution is -2.20. The minimum absolute atomic E-state index is 0.0630. The molecule has 15 heavy (non-hydrogen) atoms. The molecule has 1 aromatic rings. The molecule has 3 heteroatoms. The Kier molecular flexibility index (Phi) is 4.33. The standard InChI is InChI=1S/C12H16BrNO/c1-4-8(2)12(15)14-11-6-5-10(13)7-9(11)3/h5-8H,4H2,1-3H3,(H,14,15)/t8-/m1/s1. The molecule has 0 aliphatic carbocycles. The van der Waals surface area contributed by atoms with Crippen molar-refractivity contribution >= 4 is 27.5 Å². The third kappa shape index (κ3) is 3.34. The average molecular weight is 270 g/mol. The molecule has 1 amide bonds. The molecule has 82 valence electrons. The first kappa shape index (κ1) is 12.2. The van der Waals surface area contributed by atoms with E-state index in [1.807, 2.05) is 39.0 Å². The third-order valence-electron chi connectivity index (χ3n) is 2.51. The van der Waals surface area contributed by atoms with Gasteiger partial charge in [0.25, 0.3) is 0 Å². The van der Waals surface area contributed by atoms with Crippen LogP contribution in [0.15, 0.2) is 22.7 Å².